The van der Waals surface area contributed by atoms with Crippen molar-refractivity contribution >= 4 is 43.3 Å². The van der Waals surface area contributed by atoms with E-state index in [4.69, 9.17) is 9.39 Å². The Morgan fingerprint density at radius 1 is 1.30 bits per heavy atom. The number of piperazine rings is 1. The lowest BCUT2D eigenvalue weighted by atomic mass is 9.72. The second-order valence-corrected chi connectivity index (χ2v) is 9.47. The minimum Gasteiger partial charge on any atom is -0.534 e. The number of hydrogen-bond donors (Lipinski definition) is 5. The first-order chi connectivity index (χ1) is 20.5. The molecule has 1 unspecified atom stereocenters. The molecule has 2 aliphatic heterocycles. The van der Waals surface area contributed by atoms with Crippen LogP contribution in [0.3, 0.4) is 0 Å². The molecule has 5 N–H and O–H groups in total. The number of fused-ring (bicyclic) bond motifs is 1. The number of halogens is 1. The van der Waals surface area contributed by atoms with E-state index in [1.54, 1.807) is 6.92 Å². The van der Waals surface area contributed by atoms with Crippen molar-refractivity contribution in [3.05, 3.63) is 53.1 Å². The highest BCUT2D eigenvalue weighted by Crippen LogP contribution is 2.30. The minimum atomic E-state index is -1.99. The molecule has 1 aromatic carbocycles. The Kier molecular flexibility index (Phi) is 9.08. The third kappa shape index (κ3) is 6.33. The number of aromatic carboxylic acids is 1. The van der Waals surface area contributed by atoms with E-state index >= 15 is 0 Å². The van der Waals surface area contributed by atoms with Crippen molar-refractivity contribution in [3.8, 4) is 11.5 Å². The van der Waals surface area contributed by atoms with Crippen LogP contribution >= 0.6 is 0 Å². The van der Waals surface area contributed by atoms with Gasteiger partial charge in [0.15, 0.2) is 11.9 Å². The van der Waals surface area contributed by atoms with Crippen molar-refractivity contribution in [3.63, 3.8) is 0 Å². The van der Waals surface area contributed by atoms with Gasteiger partial charge in [-0.15, -0.1) is 0 Å². The molecule has 43 heavy (non-hydrogen) atoms. The molecule has 18 heteroatoms. The molecule has 1 aromatic heterocycles. The van der Waals surface area contributed by atoms with Crippen LogP contribution in [0.1, 0.15) is 34.6 Å². The fraction of sp³-hybridized carbons (Fsp3) is 0.320. The smallest absolute Gasteiger partial charge is 0.534 e. The number of aromatic hydroxyl groups is 1. The first-order valence-corrected chi connectivity index (χ1v) is 12.8. The molecule has 0 saturated carbocycles. The van der Waals surface area contributed by atoms with Crippen LogP contribution in [0.15, 0.2) is 30.5 Å². The summed E-state index contributed by atoms with van der Waals surface area (Å²) in [4.78, 5) is 79.8. The molecular formula is C25H25BFN5O11. The summed E-state index contributed by atoms with van der Waals surface area (Å²) in [5, 5.41) is 34.1. The molecule has 1 saturated heterocycles. The maximum atomic E-state index is 14.9. The minimum absolute atomic E-state index is 0.0778. The topological polar surface area (TPSA) is 225 Å². The number of carboxylic acid groups (broad SMARTS) is 1. The Hall–Kier alpha value is -5.26. The summed E-state index contributed by atoms with van der Waals surface area (Å²) in [5.74, 6) is -7.97. The molecule has 2 aromatic rings. The summed E-state index contributed by atoms with van der Waals surface area (Å²) in [5.41, 5.74) is -0.603. The molecule has 0 radical (unpaired) electrons. The fourth-order valence-electron chi connectivity index (χ4n) is 4.72. The number of aromatic nitrogens is 1. The predicted molar refractivity (Wildman–Crippen MR) is 140 cm³/mol. The van der Waals surface area contributed by atoms with Crippen LogP contribution in [0.5, 0.6) is 11.5 Å². The number of ether oxygens (including phenoxy) is 1. The Morgan fingerprint density at radius 3 is 2.70 bits per heavy atom. The monoisotopic (exact) mass is 601 g/mol. The van der Waals surface area contributed by atoms with Crippen molar-refractivity contribution in [1.29, 1.82) is 0 Å². The number of nitrogens with zero attached hydrogens (tertiary/aromatic N) is 3. The third-order valence-electron chi connectivity index (χ3n) is 6.78. The van der Waals surface area contributed by atoms with Crippen LogP contribution in [-0.4, -0.2) is 105 Å². The molecule has 0 bridgehead atoms. The van der Waals surface area contributed by atoms with Crippen LogP contribution in [0.25, 0.3) is 0 Å². The van der Waals surface area contributed by atoms with E-state index in [0.717, 1.165) is 11.1 Å². The highest BCUT2D eigenvalue weighted by atomic mass is 19.1. The Labute approximate surface area is 242 Å². The van der Waals surface area contributed by atoms with Crippen LogP contribution < -0.4 is 15.3 Å². The average Bonchev–Trinajstić information content (AvgIpc) is 2.96. The second-order valence-electron chi connectivity index (χ2n) is 9.47. The maximum Gasteiger partial charge on any atom is 0.547 e. The molecule has 226 valence electrons. The fourth-order valence-corrected chi connectivity index (χ4v) is 4.72. The number of carbonyl (C=O) groups is 6. The van der Waals surface area contributed by atoms with Gasteiger partial charge in [-0.05, 0) is 25.0 Å². The number of pyridine rings is 1. The number of rotatable bonds is 9. The second kappa shape index (κ2) is 12.7. The molecule has 2 aliphatic rings. The van der Waals surface area contributed by atoms with Gasteiger partial charge in [0.1, 0.15) is 23.8 Å². The van der Waals surface area contributed by atoms with Gasteiger partial charge in [-0.25, -0.2) is 18.9 Å². The molecular weight excluding hydrogens is 576 g/mol. The van der Waals surface area contributed by atoms with E-state index in [0.29, 0.717) is 16.5 Å². The van der Waals surface area contributed by atoms with Crippen LogP contribution in [0, 0.1) is 5.82 Å². The number of imide groups is 1. The molecule has 4 rings (SSSR count). The summed E-state index contributed by atoms with van der Waals surface area (Å²) in [6.07, 6.45) is 0.662. The zero-order chi connectivity index (χ0) is 31.4. The normalized spacial score (nSPS) is 18.7. The van der Waals surface area contributed by atoms with Crippen molar-refractivity contribution in [1.82, 2.24) is 25.4 Å². The van der Waals surface area contributed by atoms with Crippen LogP contribution in [0.4, 0.5) is 9.18 Å². The summed E-state index contributed by atoms with van der Waals surface area (Å²) in [7, 11) is -1.77. The van der Waals surface area contributed by atoms with Gasteiger partial charge in [0, 0.05) is 19.2 Å². The SMILES string of the molecule is CCN1C[C@H](COC=O)N(C(=O)NC(C(=O)N[C@H]2Cc3cccc(C(=O)O)c3OB2O)c2ncc(O)cc2F)C(=O)C1=O. The highest BCUT2D eigenvalue weighted by Gasteiger charge is 2.45. The van der Waals surface area contributed by atoms with Gasteiger partial charge < -0.3 is 40.2 Å². The number of carbonyl (C=O) groups excluding carboxylic acids is 5. The number of benzene rings is 1. The quantitative estimate of drug-likeness (QED) is 0.129. The maximum absolute atomic E-state index is 14.9. The lowest BCUT2D eigenvalue weighted by Crippen LogP contribution is -2.65. The van der Waals surface area contributed by atoms with Gasteiger partial charge in [0.05, 0.1) is 23.7 Å². The number of carboxylic acids is 1. The van der Waals surface area contributed by atoms with E-state index < -0.39 is 78.7 Å². The number of urea groups is 1. The Morgan fingerprint density at radius 2 is 2.05 bits per heavy atom. The van der Waals surface area contributed by atoms with E-state index in [-0.39, 0.29) is 37.3 Å². The average molecular weight is 601 g/mol. The molecule has 3 atom stereocenters. The number of nitrogens with one attached hydrogen (secondary N) is 2. The van der Waals surface area contributed by atoms with Crippen molar-refractivity contribution < 1.29 is 57.8 Å². The van der Waals surface area contributed by atoms with Gasteiger partial charge in [-0.2, -0.15) is 0 Å². The number of likely N-dealkylation sites (N-methyl/N-ethyl adjacent to an activating group) is 1. The Bertz CT molecular complexity index is 1480. The third-order valence-corrected chi connectivity index (χ3v) is 6.78. The predicted octanol–water partition coefficient (Wildman–Crippen LogP) is -1.25. The molecule has 5 amide bonds. The van der Waals surface area contributed by atoms with E-state index in [1.165, 1.54) is 18.2 Å². The summed E-state index contributed by atoms with van der Waals surface area (Å²) >= 11 is 0. The van der Waals surface area contributed by atoms with Crippen LogP contribution in [0.2, 0.25) is 0 Å². The van der Waals surface area contributed by atoms with Crippen molar-refractivity contribution in [2.75, 3.05) is 19.7 Å². The number of amides is 5. The van der Waals surface area contributed by atoms with Gasteiger partial charge in [0.2, 0.25) is 5.91 Å². The van der Waals surface area contributed by atoms with E-state index in [1.807, 2.05) is 0 Å². The molecule has 1 fully saturated rings. The largest absolute Gasteiger partial charge is 0.547 e. The molecule has 0 spiro atoms. The van der Waals surface area contributed by atoms with E-state index in [9.17, 15) is 48.4 Å². The van der Waals surface area contributed by atoms with Gasteiger partial charge >= 0.3 is 30.9 Å². The van der Waals surface area contributed by atoms with E-state index in [2.05, 4.69) is 15.6 Å². The summed E-state index contributed by atoms with van der Waals surface area (Å²) < 4.78 is 25.0. The van der Waals surface area contributed by atoms with Crippen molar-refractivity contribution in [2.24, 2.45) is 0 Å². The first-order valence-electron chi connectivity index (χ1n) is 12.8. The summed E-state index contributed by atoms with van der Waals surface area (Å²) in [6, 6.07) is 0.330. The first kappa shape index (κ1) is 30.7. The molecule has 0 aliphatic carbocycles. The van der Waals surface area contributed by atoms with Crippen molar-refractivity contribution in [2.45, 2.75) is 31.4 Å². The Balaban J connectivity index is 1.63. The summed E-state index contributed by atoms with van der Waals surface area (Å²) in [6.45, 7) is 1.08. The lowest BCUT2D eigenvalue weighted by Gasteiger charge is -2.38. The molecule has 3 heterocycles. The van der Waals surface area contributed by atoms with Gasteiger partial charge in [-0.3, -0.25) is 24.2 Å². The zero-order valence-corrected chi connectivity index (χ0v) is 22.4. The van der Waals surface area contributed by atoms with Gasteiger partial charge in [0.25, 0.3) is 6.47 Å². The highest BCUT2D eigenvalue weighted by molar-refractivity contribution is 6.47. The number of para-hydroxylation sites is 1. The zero-order valence-electron chi connectivity index (χ0n) is 22.4. The standard InChI is InChI=1S/C25H25BFN5O11/c1-2-31-9-13(10-42-11-33)32(23(37)22(31)36)25(40)30-19(18-16(27)7-14(34)8-28-18)21(35)29-17-6-12-4-3-5-15(24(38)39)20(12)43-26(17)41/h3-5,7-8,11,13,17,19,34,41H,2,6,9-10H2,1H3,(H,29,35)(H,30,40)(H,38,39)/t13-,17+,19?/m1/s1. The number of hydrogen-bond acceptors (Lipinski definition) is 11. The van der Waals surface area contributed by atoms with Crippen LogP contribution in [-0.2, 0) is 30.3 Å². The molecule has 16 nitrogen and oxygen atoms in total. The van der Waals surface area contributed by atoms with Gasteiger partial charge in [-0.1, -0.05) is 12.1 Å². The lowest BCUT2D eigenvalue weighted by molar-refractivity contribution is -0.158.